The number of methoxy groups -OCH3 is 1. The Morgan fingerprint density at radius 1 is 1.45 bits per heavy atom. The largest absolute Gasteiger partial charge is 0.495 e. The molecule has 110 valence electrons. The number of anilines is 1. The third-order valence-electron chi connectivity index (χ3n) is 3.41. The Morgan fingerprint density at radius 3 is 2.75 bits per heavy atom. The van der Waals surface area contributed by atoms with Crippen LogP contribution in [0.25, 0.3) is 0 Å². The number of nitrogens with zero attached hydrogens (tertiary/aromatic N) is 1. The van der Waals surface area contributed by atoms with Gasteiger partial charge in [0.15, 0.2) is 9.84 Å². The summed E-state index contributed by atoms with van der Waals surface area (Å²) in [4.78, 5) is 14.0. The lowest BCUT2D eigenvalue weighted by molar-refractivity contribution is 0.0712. The minimum absolute atomic E-state index is 0.00481. The summed E-state index contributed by atoms with van der Waals surface area (Å²) in [5.41, 5.74) is 6.62. The van der Waals surface area contributed by atoms with E-state index in [9.17, 15) is 13.2 Å². The summed E-state index contributed by atoms with van der Waals surface area (Å²) in [5, 5.41) is 0. The van der Waals surface area contributed by atoms with Crippen molar-refractivity contribution in [3.05, 3.63) is 23.8 Å². The highest BCUT2D eigenvalue weighted by Crippen LogP contribution is 2.24. The summed E-state index contributed by atoms with van der Waals surface area (Å²) < 4.78 is 28.2. The summed E-state index contributed by atoms with van der Waals surface area (Å²) in [7, 11) is -1.56. The summed E-state index contributed by atoms with van der Waals surface area (Å²) >= 11 is 0. The van der Waals surface area contributed by atoms with Crippen molar-refractivity contribution < 1.29 is 17.9 Å². The van der Waals surface area contributed by atoms with Crippen molar-refractivity contribution in [2.75, 3.05) is 30.9 Å². The zero-order valence-electron chi connectivity index (χ0n) is 11.5. The molecule has 1 aliphatic heterocycles. The molecule has 1 aliphatic rings. The van der Waals surface area contributed by atoms with E-state index in [2.05, 4.69) is 0 Å². The van der Waals surface area contributed by atoms with E-state index in [1.807, 2.05) is 0 Å². The normalized spacial score (nSPS) is 21.5. The van der Waals surface area contributed by atoms with Gasteiger partial charge in [-0.1, -0.05) is 0 Å². The van der Waals surface area contributed by atoms with Gasteiger partial charge in [0.2, 0.25) is 0 Å². The van der Waals surface area contributed by atoms with Crippen molar-refractivity contribution in [1.82, 2.24) is 4.90 Å². The minimum atomic E-state index is -3.04. The summed E-state index contributed by atoms with van der Waals surface area (Å²) in [5.74, 6) is 0.249. The van der Waals surface area contributed by atoms with Crippen LogP contribution in [-0.2, 0) is 9.84 Å². The maximum absolute atomic E-state index is 12.4. The second-order valence-electron chi connectivity index (χ2n) is 4.92. The predicted octanol–water partition coefficient (Wildman–Crippen LogP) is 0.537. The molecule has 2 rings (SSSR count). The molecule has 20 heavy (non-hydrogen) atoms. The Hall–Kier alpha value is -1.76. The first kappa shape index (κ1) is 14.6. The van der Waals surface area contributed by atoms with Crippen molar-refractivity contribution in [2.24, 2.45) is 0 Å². The summed E-state index contributed by atoms with van der Waals surface area (Å²) in [6, 6.07) is 4.48. The van der Waals surface area contributed by atoms with Crippen LogP contribution < -0.4 is 10.5 Å². The molecule has 0 aliphatic carbocycles. The number of ether oxygens (including phenoxy) is 1. The van der Waals surface area contributed by atoms with Crippen LogP contribution in [0.2, 0.25) is 0 Å². The Bertz CT molecular complexity index is 627. The van der Waals surface area contributed by atoms with E-state index in [4.69, 9.17) is 10.5 Å². The first-order chi connectivity index (χ1) is 9.34. The average molecular weight is 298 g/mol. The summed E-state index contributed by atoms with van der Waals surface area (Å²) in [6.07, 6.45) is 0. The summed E-state index contributed by atoms with van der Waals surface area (Å²) in [6.45, 7) is 1.96. The Labute approximate surface area is 118 Å². The van der Waals surface area contributed by atoms with Gasteiger partial charge in [-0.05, 0) is 25.1 Å². The number of amides is 1. The molecular formula is C13H18N2O4S. The van der Waals surface area contributed by atoms with Crippen molar-refractivity contribution in [2.45, 2.75) is 13.0 Å². The molecule has 6 nitrogen and oxygen atoms in total. The van der Waals surface area contributed by atoms with Crippen LogP contribution >= 0.6 is 0 Å². The molecule has 0 bridgehead atoms. The van der Waals surface area contributed by atoms with Gasteiger partial charge in [0, 0.05) is 18.2 Å². The smallest absolute Gasteiger partial charge is 0.254 e. The molecule has 1 saturated heterocycles. The third kappa shape index (κ3) is 2.87. The van der Waals surface area contributed by atoms with Gasteiger partial charge in [0.25, 0.3) is 5.91 Å². The Kier molecular flexibility index (Phi) is 3.89. The van der Waals surface area contributed by atoms with Crippen LogP contribution in [0.5, 0.6) is 5.75 Å². The van der Waals surface area contributed by atoms with E-state index in [1.54, 1.807) is 30.0 Å². The number of hydrogen-bond donors (Lipinski definition) is 1. The van der Waals surface area contributed by atoms with Gasteiger partial charge >= 0.3 is 0 Å². The molecule has 0 spiro atoms. The molecule has 1 unspecified atom stereocenters. The van der Waals surface area contributed by atoms with E-state index in [0.717, 1.165) is 0 Å². The number of sulfone groups is 1. The molecule has 1 aromatic carbocycles. The van der Waals surface area contributed by atoms with Crippen LogP contribution in [0, 0.1) is 0 Å². The highest BCUT2D eigenvalue weighted by molar-refractivity contribution is 7.91. The fraction of sp³-hybridized carbons (Fsp3) is 0.462. The maximum atomic E-state index is 12.4. The predicted molar refractivity (Wildman–Crippen MR) is 76.6 cm³/mol. The molecule has 7 heteroatoms. The molecule has 0 saturated carbocycles. The van der Waals surface area contributed by atoms with Crippen molar-refractivity contribution >= 4 is 21.4 Å². The van der Waals surface area contributed by atoms with Crippen LogP contribution in [0.15, 0.2) is 18.2 Å². The van der Waals surface area contributed by atoms with Crippen LogP contribution in [-0.4, -0.2) is 50.4 Å². The molecule has 0 aromatic heterocycles. The number of nitrogen functional groups attached to an aromatic ring is 1. The molecule has 1 atom stereocenters. The van der Waals surface area contributed by atoms with Gasteiger partial charge in [-0.15, -0.1) is 0 Å². The quantitative estimate of drug-likeness (QED) is 0.805. The molecule has 1 fully saturated rings. The van der Waals surface area contributed by atoms with Gasteiger partial charge in [-0.3, -0.25) is 4.79 Å². The number of carbonyl (C=O) groups is 1. The van der Waals surface area contributed by atoms with Gasteiger partial charge in [-0.25, -0.2) is 8.42 Å². The van der Waals surface area contributed by atoms with E-state index >= 15 is 0 Å². The number of benzene rings is 1. The fourth-order valence-corrected chi connectivity index (χ4v) is 3.87. The fourth-order valence-electron chi connectivity index (χ4n) is 2.31. The molecule has 1 amide bonds. The number of carbonyl (C=O) groups excluding carboxylic acids is 1. The molecule has 1 heterocycles. The standard InChI is InChI=1S/C13H18N2O4S/c1-9-8-20(17,18)6-5-15(9)13(16)10-3-4-11(14)12(7-10)19-2/h3-4,7,9H,5-6,8,14H2,1-2H3. The molecule has 1 aromatic rings. The highest BCUT2D eigenvalue weighted by Gasteiger charge is 2.31. The van der Waals surface area contributed by atoms with Crippen molar-refractivity contribution in [1.29, 1.82) is 0 Å². The van der Waals surface area contributed by atoms with Crippen LogP contribution in [0.1, 0.15) is 17.3 Å². The Morgan fingerprint density at radius 2 is 2.15 bits per heavy atom. The first-order valence-corrected chi connectivity index (χ1v) is 8.11. The van der Waals surface area contributed by atoms with Gasteiger partial charge < -0.3 is 15.4 Å². The van der Waals surface area contributed by atoms with Crippen LogP contribution in [0.4, 0.5) is 5.69 Å². The van der Waals surface area contributed by atoms with E-state index in [-0.39, 0.29) is 30.0 Å². The molecule has 0 radical (unpaired) electrons. The highest BCUT2D eigenvalue weighted by atomic mass is 32.2. The third-order valence-corrected chi connectivity index (χ3v) is 5.21. The van der Waals surface area contributed by atoms with E-state index < -0.39 is 9.84 Å². The lowest BCUT2D eigenvalue weighted by Crippen LogP contribution is -2.49. The SMILES string of the molecule is COc1cc(C(=O)N2CCS(=O)(=O)CC2C)ccc1N. The van der Waals surface area contributed by atoms with Gasteiger partial charge in [0.05, 0.1) is 24.3 Å². The van der Waals surface area contributed by atoms with Gasteiger partial charge in [0.1, 0.15) is 5.75 Å². The zero-order chi connectivity index (χ0) is 14.9. The number of hydrogen-bond acceptors (Lipinski definition) is 5. The minimum Gasteiger partial charge on any atom is -0.495 e. The Balaban J connectivity index is 2.24. The lowest BCUT2D eigenvalue weighted by atomic mass is 10.1. The lowest BCUT2D eigenvalue weighted by Gasteiger charge is -2.33. The topological polar surface area (TPSA) is 89.7 Å². The van der Waals surface area contributed by atoms with E-state index in [0.29, 0.717) is 17.0 Å². The number of rotatable bonds is 2. The monoisotopic (exact) mass is 298 g/mol. The van der Waals surface area contributed by atoms with Crippen molar-refractivity contribution in [3.8, 4) is 5.75 Å². The van der Waals surface area contributed by atoms with E-state index in [1.165, 1.54) is 7.11 Å². The first-order valence-electron chi connectivity index (χ1n) is 6.29. The van der Waals surface area contributed by atoms with Crippen molar-refractivity contribution in [3.63, 3.8) is 0 Å². The maximum Gasteiger partial charge on any atom is 0.254 e. The number of nitrogens with two attached hydrogens (primary N) is 1. The second-order valence-corrected chi connectivity index (χ2v) is 7.15. The van der Waals surface area contributed by atoms with Crippen LogP contribution in [0.3, 0.4) is 0 Å². The molecular weight excluding hydrogens is 280 g/mol. The van der Waals surface area contributed by atoms with Gasteiger partial charge in [-0.2, -0.15) is 0 Å². The average Bonchev–Trinajstić information content (AvgIpc) is 2.37. The second kappa shape index (κ2) is 5.32. The zero-order valence-corrected chi connectivity index (χ0v) is 12.3. The molecule has 2 N–H and O–H groups in total.